The van der Waals surface area contributed by atoms with Crippen LogP contribution in [0.15, 0.2) is 54.6 Å². The number of halogens is 1. The Balaban J connectivity index is 1.64. The number of hydrogen-bond donors (Lipinski definition) is 2. The Morgan fingerprint density at radius 3 is 2.52 bits per heavy atom. The lowest BCUT2D eigenvalue weighted by Crippen LogP contribution is -2.41. The molecule has 0 aliphatic carbocycles. The number of carbonyl (C=O) groups is 2. The third-order valence-electron chi connectivity index (χ3n) is 3.63. The van der Waals surface area contributed by atoms with Gasteiger partial charge in [0, 0.05) is 26.6 Å². The van der Waals surface area contributed by atoms with Crippen LogP contribution in [0.1, 0.15) is 20.8 Å². The van der Waals surface area contributed by atoms with E-state index in [0.29, 0.717) is 10.6 Å². The van der Waals surface area contributed by atoms with Gasteiger partial charge in [-0.25, -0.2) is 0 Å². The monoisotopic (exact) mass is 370 g/mol. The molecule has 0 saturated carbocycles. The Hall–Kier alpha value is -2.63. The molecule has 0 spiro atoms. The van der Waals surface area contributed by atoms with E-state index < -0.39 is 5.91 Å². The maximum absolute atomic E-state index is 12.0. The van der Waals surface area contributed by atoms with Crippen LogP contribution in [0, 0.1) is 6.92 Å². The molecule has 0 radical (unpaired) electrons. The van der Waals surface area contributed by atoms with Crippen molar-refractivity contribution in [3.63, 3.8) is 0 Å². The molecule has 1 aromatic heterocycles. The van der Waals surface area contributed by atoms with Crippen LogP contribution >= 0.6 is 22.9 Å². The molecule has 0 unspecified atom stereocenters. The highest BCUT2D eigenvalue weighted by molar-refractivity contribution is 7.20. The average Bonchev–Trinajstić information content (AvgIpc) is 2.94. The van der Waals surface area contributed by atoms with E-state index in [0.717, 1.165) is 20.5 Å². The number of hydrogen-bond acceptors (Lipinski definition) is 3. The molecule has 0 atom stereocenters. The molecule has 1 heterocycles. The zero-order valence-electron chi connectivity index (χ0n) is 13.4. The van der Waals surface area contributed by atoms with Gasteiger partial charge in [-0.1, -0.05) is 48.0 Å². The molecule has 0 aliphatic rings. The molecule has 126 valence electrons. The summed E-state index contributed by atoms with van der Waals surface area (Å²) in [4.78, 5) is 24.8. The van der Waals surface area contributed by atoms with Gasteiger partial charge in [-0.15, -0.1) is 11.3 Å². The second-order valence-electron chi connectivity index (χ2n) is 5.37. The first-order valence-electron chi connectivity index (χ1n) is 7.57. The fourth-order valence-electron chi connectivity index (χ4n) is 2.35. The Labute approximate surface area is 154 Å². The first kappa shape index (κ1) is 17.2. The van der Waals surface area contributed by atoms with Gasteiger partial charge in [-0.3, -0.25) is 20.4 Å². The predicted octanol–water partition coefficient (Wildman–Crippen LogP) is 4.34. The predicted molar refractivity (Wildman–Crippen MR) is 103 cm³/mol. The first-order valence-corrected chi connectivity index (χ1v) is 8.77. The minimum atomic E-state index is -0.435. The Kier molecular flexibility index (Phi) is 5.16. The highest BCUT2D eigenvalue weighted by Gasteiger charge is 2.09. The van der Waals surface area contributed by atoms with Crippen molar-refractivity contribution < 1.29 is 9.59 Å². The van der Waals surface area contributed by atoms with E-state index in [1.165, 1.54) is 17.4 Å². The van der Waals surface area contributed by atoms with E-state index >= 15 is 0 Å². The van der Waals surface area contributed by atoms with Crippen molar-refractivity contribution in [2.45, 2.75) is 6.92 Å². The molecular weight excluding hydrogens is 356 g/mol. The van der Waals surface area contributed by atoms with Crippen LogP contribution < -0.4 is 10.9 Å². The molecule has 0 fully saturated rings. The summed E-state index contributed by atoms with van der Waals surface area (Å²) in [6, 6.07) is 14.9. The minimum Gasteiger partial charge on any atom is -0.268 e. The number of thiophene rings is 1. The summed E-state index contributed by atoms with van der Waals surface area (Å²) in [5.41, 5.74) is 6.11. The maximum atomic E-state index is 12.0. The number of hydrazine groups is 1. The summed E-state index contributed by atoms with van der Waals surface area (Å²) < 4.78 is 1.06. The van der Waals surface area contributed by atoms with Crippen molar-refractivity contribution >= 4 is 50.9 Å². The van der Waals surface area contributed by atoms with Gasteiger partial charge in [0.05, 0.1) is 5.02 Å². The minimum absolute atomic E-state index is 0.361. The fourth-order valence-corrected chi connectivity index (χ4v) is 3.75. The van der Waals surface area contributed by atoms with Crippen LogP contribution in [0.4, 0.5) is 0 Å². The van der Waals surface area contributed by atoms with Crippen LogP contribution in [-0.4, -0.2) is 11.8 Å². The van der Waals surface area contributed by atoms with Gasteiger partial charge in [-0.05, 0) is 30.7 Å². The highest BCUT2D eigenvalue weighted by atomic mass is 35.5. The molecule has 2 N–H and O–H groups in total. The number of amides is 2. The van der Waals surface area contributed by atoms with Gasteiger partial charge in [0.15, 0.2) is 0 Å². The quantitative estimate of drug-likeness (QED) is 0.532. The van der Waals surface area contributed by atoms with E-state index in [4.69, 9.17) is 11.6 Å². The van der Waals surface area contributed by atoms with Gasteiger partial charge >= 0.3 is 0 Å². The zero-order chi connectivity index (χ0) is 17.8. The van der Waals surface area contributed by atoms with Crippen LogP contribution in [-0.2, 0) is 4.79 Å². The van der Waals surface area contributed by atoms with Crippen molar-refractivity contribution in [2.24, 2.45) is 0 Å². The average molecular weight is 371 g/mol. The molecule has 3 aromatic rings. The number of nitrogens with one attached hydrogen (secondary N) is 2. The van der Waals surface area contributed by atoms with E-state index in [1.807, 2.05) is 43.3 Å². The van der Waals surface area contributed by atoms with E-state index in [2.05, 4.69) is 10.9 Å². The topological polar surface area (TPSA) is 58.2 Å². The van der Waals surface area contributed by atoms with E-state index in [9.17, 15) is 9.59 Å². The summed E-state index contributed by atoms with van der Waals surface area (Å²) in [6.07, 6.45) is 2.98. The first-order chi connectivity index (χ1) is 12.1. The van der Waals surface area contributed by atoms with Gasteiger partial charge in [-0.2, -0.15) is 0 Å². The van der Waals surface area contributed by atoms with E-state index in [1.54, 1.807) is 18.2 Å². The van der Waals surface area contributed by atoms with E-state index in [-0.39, 0.29) is 5.91 Å². The summed E-state index contributed by atoms with van der Waals surface area (Å²) >= 11 is 7.83. The Bertz CT molecular complexity index is 978. The number of carbonyl (C=O) groups excluding carboxylic acids is 2. The third-order valence-corrected chi connectivity index (χ3v) is 5.29. The lowest BCUT2D eigenvalue weighted by molar-refractivity contribution is -0.117. The van der Waals surface area contributed by atoms with Crippen LogP contribution in [0.3, 0.4) is 0 Å². The Morgan fingerprint density at radius 2 is 1.76 bits per heavy atom. The molecule has 0 saturated heterocycles. The number of rotatable bonds is 3. The normalized spacial score (nSPS) is 11.0. The maximum Gasteiger partial charge on any atom is 0.269 e. The lowest BCUT2D eigenvalue weighted by Gasteiger charge is -2.07. The lowest BCUT2D eigenvalue weighted by atomic mass is 10.1. The molecule has 4 nitrogen and oxygen atoms in total. The molecule has 25 heavy (non-hydrogen) atoms. The Morgan fingerprint density at radius 1 is 1.04 bits per heavy atom. The van der Waals surface area contributed by atoms with Crippen LogP contribution in [0.25, 0.3) is 16.2 Å². The third kappa shape index (κ3) is 3.90. The number of benzene rings is 2. The van der Waals surface area contributed by atoms with Crippen molar-refractivity contribution in [1.29, 1.82) is 0 Å². The van der Waals surface area contributed by atoms with Gasteiger partial charge in [0.25, 0.3) is 11.8 Å². The number of fused-ring (bicyclic) bond motifs is 1. The largest absolute Gasteiger partial charge is 0.269 e. The molecular formula is C19H15ClN2O2S. The highest BCUT2D eigenvalue weighted by Crippen LogP contribution is 2.35. The molecule has 3 rings (SSSR count). The van der Waals surface area contributed by atoms with Gasteiger partial charge in [0.1, 0.15) is 0 Å². The van der Waals surface area contributed by atoms with Crippen molar-refractivity contribution in [2.75, 3.05) is 0 Å². The standard InChI is InChI=1S/C19H15ClN2O2S/c1-12-6-2-3-7-13(12)19(24)22-21-17(23)11-10-16-18(20)14-8-4-5-9-15(14)25-16/h2-11H,1H3,(H,21,23)(H,22,24)/b11-10+. The van der Waals surface area contributed by atoms with Crippen molar-refractivity contribution in [3.8, 4) is 0 Å². The molecule has 2 aromatic carbocycles. The van der Waals surface area contributed by atoms with Crippen molar-refractivity contribution in [3.05, 3.63) is 75.6 Å². The smallest absolute Gasteiger partial charge is 0.268 e. The summed E-state index contributed by atoms with van der Waals surface area (Å²) in [5, 5.41) is 1.58. The molecule has 0 bridgehead atoms. The number of aryl methyl sites for hydroxylation is 1. The summed E-state index contributed by atoms with van der Waals surface area (Å²) in [7, 11) is 0. The second kappa shape index (κ2) is 7.51. The summed E-state index contributed by atoms with van der Waals surface area (Å²) in [6.45, 7) is 1.83. The van der Waals surface area contributed by atoms with Crippen molar-refractivity contribution in [1.82, 2.24) is 10.9 Å². The second-order valence-corrected chi connectivity index (χ2v) is 6.83. The molecule has 2 amide bonds. The van der Waals surface area contributed by atoms with Gasteiger partial charge in [0.2, 0.25) is 0 Å². The summed E-state index contributed by atoms with van der Waals surface area (Å²) in [5.74, 6) is -0.796. The molecule has 0 aliphatic heterocycles. The zero-order valence-corrected chi connectivity index (χ0v) is 14.9. The van der Waals surface area contributed by atoms with Crippen LogP contribution in [0.5, 0.6) is 0 Å². The fraction of sp³-hybridized carbons (Fsp3) is 0.0526. The SMILES string of the molecule is Cc1ccccc1C(=O)NNC(=O)/C=C/c1sc2ccccc2c1Cl. The van der Waals surface area contributed by atoms with Crippen LogP contribution in [0.2, 0.25) is 5.02 Å². The van der Waals surface area contributed by atoms with Gasteiger partial charge < -0.3 is 0 Å². The molecule has 6 heteroatoms.